The molecule has 1 unspecified atom stereocenters. The van der Waals surface area contributed by atoms with Crippen molar-refractivity contribution in [1.82, 2.24) is 0 Å². The number of anilines is 1. The van der Waals surface area contributed by atoms with E-state index in [2.05, 4.69) is 21.2 Å². The summed E-state index contributed by atoms with van der Waals surface area (Å²) in [4.78, 5) is 0. The number of hydrogen-bond donors (Lipinski definition) is 2. The molecule has 0 aromatic heterocycles. The molecule has 0 saturated carbocycles. The zero-order chi connectivity index (χ0) is 14.7. The molecule has 0 fully saturated rings. The van der Waals surface area contributed by atoms with Crippen LogP contribution in [0.25, 0.3) is 0 Å². The molecule has 2 rings (SSSR count). The fraction of sp³-hybridized carbons (Fsp3) is 0.143. The third kappa shape index (κ3) is 4.03. The number of rotatable bonds is 4. The Bertz CT molecular complexity index is 621. The van der Waals surface area contributed by atoms with Crippen LogP contribution in [0.3, 0.4) is 0 Å². The van der Waals surface area contributed by atoms with E-state index in [4.69, 9.17) is 34.8 Å². The van der Waals surface area contributed by atoms with Crippen LogP contribution in [0.1, 0.15) is 11.7 Å². The van der Waals surface area contributed by atoms with Gasteiger partial charge in [0.1, 0.15) is 0 Å². The lowest BCUT2D eigenvalue weighted by atomic mass is 10.1. The molecule has 2 nitrogen and oxygen atoms in total. The van der Waals surface area contributed by atoms with Crippen molar-refractivity contribution in [3.05, 3.63) is 61.5 Å². The summed E-state index contributed by atoms with van der Waals surface area (Å²) in [6.07, 6.45) is -0.754. The normalized spacial score (nSPS) is 12.2. The molecule has 0 spiro atoms. The highest BCUT2D eigenvalue weighted by Crippen LogP contribution is 2.28. The summed E-state index contributed by atoms with van der Waals surface area (Å²) in [6.45, 7) is 0.314. The number of hydrogen-bond acceptors (Lipinski definition) is 2. The summed E-state index contributed by atoms with van der Waals surface area (Å²) >= 11 is 21.2. The van der Waals surface area contributed by atoms with Gasteiger partial charge in [-0.1, -0.05) is 34.8 Å². The molecule has 0 radical (unpaired) electrons. The molecule has 0 aliphatic rings. The van der Waals surface area contributed by atoms with Crippen LogP contribution in [-0.2, 0) is 0 Å². The van der Waals surface area contributed by atoms with E-state index < -0.39 is 6.10 Å². The molecule has 0 amide bonds. The first-order valence-corrected chi connectivity index (χ1v) is 7.72. The molecule has 106 valence electrons. The van der Waals surface area contributed by atoms with Crippen molar-refractivity contribution in [1.29, 1.82) is 0 Å². The molecule has 0 saturated heterocycles. The Morgan fingerprint density at radius 3 is 2.45 bits per heavy atom. The maximum absolute atomic E-state index is 10.2. The number of aliphatic hydroxyl groups is 1. The fourth-order valence-electron chi connectivity index (χ4n) is 1.70. The quantitative estimate of drug-likeness (QED) is 0.711. The molecule has 0 heterocycles. The van der Waals surface area contributed by atoms with Gasteiger partial charge in [-0.05, 0) is 52.3 Å². The summed E-state index contributed by atoms with van der Waals surface area (Å²) in [7, 11) is 0. The summed E-state index contributed by atoms with van der Waals surface area (Å²) in [5.74, 6) is 0. The van der Waals surface area contributed by atoms with Crippen molar-refractivity contribution in [3.63, 3.8) is 0 Å². The lowest BCUT2D eigenvalue weighted by molar-refractivity contribution is 0.192. The second kappa shape index (κ2) is 7.01. The van der Waals surface area contributed by atoms with Gasteiger partial charge in [0.2, 0.25) is 0 Å². The van der Waals surface area contributed by atoms with Gasteiger partial charge in [-0.15, -0.1) is 0 Å². The lowest BCUT2D eigenvalue weighted by Crippen LogP contribution is -2.12. The second-order valence-electron chi connectivity index (χ2n) is 4.19. The highest BCUT2D eigenvalue weighted by atomic mass is 79.9. The first-order valence-electron chi connectivity index (χ1n) is 5.79. The molecule has 2 N–H and O–H groups in total. The first kappa shape index (κ1) is 15.9. The minimum absolute atomic E-state index is 0.314. The highest BCUT2D eigenvalue weighted by molar-refractivity contribution is 9.10. The smallest absolute Gasteiger partial charge is 0.0977 e. The average molecular weight is 396 g/mol. The molecule has 1 atom stereocenters. The van der Waals surface area contributed by atoms with Gasteiger partial charge >= 0.3 is 0 Å². The van der Waals surface area contributed by atoms with Gasteiger partial charge in [0.05, 0.1) is 11.1 Å². The van der Waals surface area contributed by atoms with Crippen molar-refractivity contribution in [2.45, 2.75) is 6.10 Å². The van der Waals surface area contributed by atoms with E-state index >= 15 is 0 Å². The van der Waals surface area contributed by atoms with Gasteiger partial charge in [-0.25, -0.2) is 0 Å². The standard InChI is InChI=1S/C14H11BrCl3NO/c15-11-6-9(2-4-13(11)18)19-7-14(20)10-5-8(16)1-3-12(10)17/h1-6,14,19-20H,7H2. The lowest BCUT2D eigenvalue weighted by Gasteiger charge is -2.15. The van der Waals surface area contributed by atoms with Crippen molar-refractivity contribution in [2.24, 2.45) is 0 Å². The van der Waals surface area contributed by atoms with Gasteiger partial charge < -0.3 is 10.4 Å². The summed E-state index contributed by atoms with van der Waals surface area (Å²) in [5.41, 5.74) is 1.44. The van der Waals surface area contributed by atoms with Crippen LogP contribution in [0.4, 0.5) is 5.69 Å². The molecule has 2 aromatic carbocycles. The Labute approximate surface area is 140 Å². The highest BCUT2D eigenvalue weighted by Gasteiger charge is 2.12. The van der Waals surface area contributed by atoms with Crippen LogP contribution in [-0.4, -0.2) is 11.7 Å². The first-order chi connectivity index (χ1) is 9.47. The zero-order valence-electron chi connectivity index (χ0n) is 10.2. The van der Waals surface area contributed by atoms with Crippen LogP contribution < -0.4 is 5.32 Å². The van der Waals surface area contributed by atoms with Crippen LogP contribution in [0.5, 0.6) is 0 Å². The van der Waals surface area contributed by atoms with Crippen LogP contribution in [0.15, 0.2) is 40.9 Å². The van der Waals surface area contributed by atoms with Gasteiger partial charge in [0.15, 0.2) is 0 Å². The van der Waals surface area contributed by atoms with Crippen LogP contribution in [0.2, 0.25) is 15.1 Å². The van der Waals surface area contributed by atoms with Gasteiger partial charge in [0, 0.05) is 32.3 Å². The molecule has 2 aromatic rings. The molecule has 0 bridgehead atoms. The topological polar surface area (TPSA) is 32.3 Å². The molecular formula is C14H11BrCl3NO. The molecule has 0 aliphatic heterocycles. The van der Waals surface area contributed by atoms with Gasteiger partial charge in [0.25, 0.3) is 0 Å². The van der Waals surface area contributed by atoms with Crippen molar-refractivity contribution in [2.75, 3.05) is 11.9 Å². The van der Waals surface area contributed by atoms with Gasteiger partial charge in [-0.3, -0.25) is 0 Å². The number of benzene rings is 2. The Kier molecular flexibility index (Phi) is 5.58. The Morgan fingerprint density at radius 2 is 1.75 bits per heavy atom. The average Bonchev–Trinajstić information content (AvgIpc) is 2.42. The second-order valence-corrected chi connectivity index (χ2v) is 6.30. The number of aliphatic hydroxyl groups excluding tert-OH is 1. The molecule has 0 aliphatic carbocycles. The predicted molar refractivity (Wildman–Crippen MR) is 89.1 cm³/mol. The third-order valence-electron chi connectivity index (χ3n) is 2.74. The summed E-state index contributed by atoms with van der Waals surface area (Å²) < 4.78 is 0.791. The Morgan fingerprint density at radius 1 is 1.05 bits per heavy atom. The zero-order valence-corrected chi connectivity index (χ0v) is 14.1. The van der Waals surface area contributed by atoms with Crippen LogP contribution in [0, 0.1) is 0 Å². The van der Waals surface area contributed by atoms with Gasteiger partial charge in [-0.2, -0.15) is 0 Å². The SMILES string of the molecule is OC(CNc1ccc(Cl)c(Br)c1)c1cc(Cl)ccc1Cl. The monoisotopic (exact) mass is 393 g/mol. The summed E-state index contributed by atoms with van der Waals surface area (Å²) in [5, 5.41) is 14.9. The number of nitrogens with one attached hydrogen (secondary N) is 1. The Hall–Kier alpha value is -0.450. The third-order valence-corrected chi connectivity index (χ3v) is 4.53. The molecule has 6 heteroatoms. The van der Waals surface area contributed by atoms with Crippen LogP contribution >= 0.6 is 50.7 Å². The predicted octanol–water partition coefficient (Wildman–Crippen LogP) is 5.55. The van der Waals surface area contributed by atoms with Crippen molar-refractivity contribution in [3.8, 4) is 0 Å². The number of halogens is 4. The van der Waals surface area contributed by atoms with E-state index in [0.717, 1.165) is 10.2 Å². The van der Waals surface area contributed by atoms with E-state index in [-0.39, 0.29) is 0 Å². The van der Waals surface area contributed by atoms with E-state index in [1.165, 1.54) is 0 Å². The molecule has 20 heavy (non-hydrogen) atoms. The van der Waals surface area contributed by atoms with E-state index in [0.29, 0.717) is 27.2 Å². The fourth-order valence-corrected chi connectivity index (χ4v) is 2.62. The van der Waals surface area contributed by atoms with E-state index in [9.17, 15) is 5.11 Å². The minimum atomic E-state index is -0.754. The minimum Gasteiger partial charge on any atom is -0.387 e. The largest absolute Gasteiger partial charge is 0.387 e. The van der Waals surface area contributed by atoms with E-state index in [1.807, 2.05) is 12.1 Å². The molecular weight excluding hydrogens is 384 g/mol. The maximum atomic E-state index is 10.2. The summed E-state index contributed by atoms with van der Waals surface area (Å²) in [6, 6.07) is 10.5. The van der Waals surface area contributed by atoms with Crippen molar-refractivity contribution < 1.29 is 5.11 Å². The Balaban J connectivity index is 2.06. The maximum Gasteiger partial charge on any atom is 0.0977 e. The van der Waals surface area contributed by atoms with Crippen molar-refractivity contribution >= 4 is 56.4 Å². The van der Waals surface area contributed by atoms with E-state index in [1.54, 1.807) is 24.3 Å².